The Bertz CT molecular complexity index is 924. The molecule has 0 unspecified atom stereocenters. The minimum atomic E-state index is -0.491. The highest BCUT2D eigenvalue weighted by atomic mass is 16.2. The van der Waals surface area contributed by atoms with Gasteiger partial charge in [-0.05, 0) is 35.2 Å². The number of piperazine rings is 1. The summed E-state index contributed by atoms with van der Waals surface area (Å²) >= 11 is 0. The van der Waals surface area contributed by atoms with E-state index in [1.54, 1.807) is 11.0 Å². The molecule has 4 rings (SSSR count). The first kappa shape index (κ1) is 17.5. The van der Waals surface area contributed by atoms with E-state index in [1.165, 1.54) is 0 Å². The van der Waals surface area contributed by atoms with Gasteiger partial charge in [0.25, 0.3) is 5.91 Å². The van der Waals surface area contributed by atoms with Crippen molar-refractivity contribution in [2.45, 2.75) is 38.4 Å². The van der Waals surface area contributed by atoms with Gasteiger partial charge < -0.3 is 15.5 Å². The van der Waals surface area contributed by atoms with Crippen LogP contribution in [-0.2, 0) is 9.59 Å². The second kappa shape index (κ2) is 6.68. The van der Waals surface area contributed by atoms with Crippen molar-refractivity contribution in [3.8, 4) is 0 Å². The summed E-state index contributed by atoms with van der Waals surface area (Å²) in [6.45, 7) is 4.20. The molecule has 2 aliphatic rings. The van der Waals surface area contributed by atoms with Gasteiger partial charge in [-0.2, -0.15) is 0 Å². The Morgan fingerprint density at radius 1 is 1.15 bits per heavy atom. The highest BCUT2D eigenvalue weighted by molar-refractivity contribution is 6.00. The second-order valence-corrected chi connectivity index (χ2v) is 7.70. The molecule has 0 aliphatic carbocycles. The summed E-state index contributed by atoms with van der Waals surface area (Å²) in [4.78, 5) is 39.3. The van der Waals surface area contributed by atoms with Crippen molar-refractivity contribution in [2.24, 2.45) is 5.92 Å². The molecule has 6 nitrogen and oxygen atoms in total. The van der Waals surface area contributed by atoms with Gasteiger partial charge in [0.05, 0.1) is 0 Å². The molecule has 2 saturated heterocycles. The number of hydrogen-bond acceptors (Lipinski definition) is 3. The molecule has 0 saturated carbocycles. The van der Waals surface area contributed by atoms with Gasteiger partial charge in [0.1, 0.15) is 12.1 Å². The summed E-state index contributed by atoms with van der Waals surface area (Å²) in [7, 11) is 0. The molecule has 2 aromatic rings. The van der Waals surface area contributed by atoms with Gasteiger partial charge in [0.2, 0.25) is 11.8 Å². The summed E-state index contributed by atoms with van der Waals surface area (Å²) in [6, 6.07) is 12.3. The van der Waals surface area contributed by atoms with Gasteiger partial charge in [-0.1, -0.05) is 44.2 Å². The Balaban J connectivity index is 1.48. The molecule has 6 heteroatoms. The van der Waals surface area contributed by atoms with Crippen molar-refractivity contribution >= 4 is 28.5 Å². The zero-order valence-electron chi connectivity index (χ0n) is 15.4. The average Bonchev–Trinajstić information content (AvgIpc) is 3.08. The van der Waals surface area contributed by atoms with E-state index in [2.05, 4.69) is 10.6 Å². The number of hydrogen-bond donors (Lipinski definition) is 2. The van der Waals surface area contributed by atoms with E-state index in [-0.39, 0.29) is 29.7 Å². The van der Waals surface area contributed by atoms with Crippen LogP contribution in [0, 0.1) is 5.92 Å². The SMILES string of the molecule is CC(C)[C@H]1NC(=O)[C@@H]2C[C@H](NC(=O)c3ccc4ccccc4c3)CN2C1=O. The molecule has 2 aromatic carbocycles. The molecule has 0 radical (unpaired) electrons. The molecule has 2 aliphatic heterocycles. The van der Waals surface area contributed by atoms with Crippen molar-refractivity contribution < 1.29 is 14.4 Å². The zero-order valence-corrected chi connectivity index (χ0v) is 15.4. The van der Waals surface area contributed by atoms with Crippen LogP contribution >= 0.6 is 0 Å². The smallest absolute Gasteiger partial charge is 0.251 e. The Labute approximate surface area is 157 Å². The van der Waals surface area contributed by atoms with Crippen LogP contribution < -0.4 is 10.6 Å². The zero-order chi connectivity index (χ0) is 19.1. The van der Waals surface area contributed by atoms with Crippen LogP contribution in [0.1, 0.15) is 30.6 Å². The predicted octanol–water partition coefficient (Wildman–Crippen LogP) is 1.69. The fourth-order valence-corrected chi connectivity index (χ4v) is 3.97. The molecule has 3 amide bonds. The van der Waals surface area contributed by atoms with E-state index < -0.39 is 12.1 Å². The fraction of sp³-hybridized carbons (Fsp3) is 0.381. The van der Waals surface area contributed by atoms with Gasteiger partial charge >= 0.3 is 0 Å². The maximum atomic E-state index is 12.7. The lowest BCUT2D eigenvalue weighted by atomic mass is 9.98. The average molecular weight is 365 g/mol. The number of benzene rings is 2. The molecular formula is C21H23N3O3. The highest BCUT2D eigenvalue weighted by Gasteiger charge is 2.47. The summed E-state index contributed by atoms with van der Waals surface area (Å²) in [6.07, 6.45) is 0.446. The van der Waals surface area contributed by atoms with Crippen molar-refractivity contribution in [3.63, 3.8) is 0 Å². The summed E-state index contributed by atoms with van der Waals surface area (Å²) in [5.41, 5.74) is 0.578. The van der Waals surface area contributed by atoms with Gasteiger partial charge in [0, 0.05) is 18.2 Å². The fourth-order valence-electron chi connectivity index (χ4n) is 3.97. The van der Waals surface area contributed by atoms with Crippen molar-refractivity contribution in [1.29, 1.82) is 0 Å². The monoisotopic (exact) mass is 365 g/mol. The Morgan fingerprint density at radius 2 is 1.89 bits per heavy atom. The Morgan fingerprint density at radius 3 is 2.63 bits per heavy atom. The maximum Gasteiger partial charge on any atom is 0.251 e. The highest BCUT2D eigenvalue weighted by Crippen LogP contribution is 2.25. The van der Waals surface area contributed by atoms with Gasteiger partial charge in [-0.3, -0.25) is 14.4 Å². The minimum absolute atomic E-state index is 0.0358. The molecule has 2 heterocycles. The van der Waals surface area contributed by atoms with Gasteiger partial charge in [-0.25, -0.2) is 0 Å². The van der Waals surface area contributed by atoms with Crippen LogP contribution in [0.3, 0.4) is 0 Å². The first-order chi connectivity index (χ1) is 12.9. The second-order valence-electron chi connectivity index (χ2n) is 7.70. The molecule has 140 valence electrons. The van der Waals surface area contributed by atoms with E-state index in [4.69, 9.17) is 0 Å². The van der Waals surface area contributed by atoms with E-state index in [0.29, 0.717) is 18.5 Å². The first-order valence-corrected chi connectivity index (χ1v) is 9.34. The Hall–Kier alpha value is -2.89. The summed E-state index contributed by atoms with van der Waals surface area (Å²) < 4.78 is 0. The number of fused-ring (bicyclic) bond motifs is 2. The number of rotatable bonds is 3. The Kier molecular flexibility index (Phi) is 4.34. The van der Waals surface area contributed by atoms with E-state index >= 15 is 0 Å². The molecule has 3 atom stereocenters. The standard InChI is InChI=1S/C21H23N3O3/c1-12(2)18-21(27)24-11-16(10-17(24)20(26)23-18)22-19(25)15-8-7-13-5-3-4-6-14(13)9-15/h3-9,12,16-18H,10-11H2,1-2H3,(H,22,25)(H,23,26)/t16-,17-,18+/m0/s1. The normalized spacial score (nSPS) is 24.9. The lowest BCUT2D eigenvalue weighted by Crippen LogP contribution is -2.62. The van der Waals surface area contributed by atoms with Crippen molar-refractivity contribution in [1.82, 2.24) is 15.5 Å². The third kappa shape index (κ3) is 3.16. The van der Waals surface area contributed by atoms with Crippen LogP contribution in [-0.4, -0.2) is 47.3 Å². The van der Waals surface area contributed by atoms with Crippen LogP contribution in [0.25, 0.3) is 10.8 Å². The number of nitrogens with zero attached hydrogens (tertiary/aromatic N) is 1. The molecule has 0 aromatic heterocycles. The molecule has 27 heavy (non-hydrogen) atoms. The van der Waals surface area contributed by atoms with Crippen LogP contribution in [0.5, 0.6) is 0 Å². The number of carbonyl (C=O) groups is 3. The molecule has 0 spiro atoms. The van der Waals surface area contributed by atoms with E-state index in [1.807, 2.05) is 50.2 Å². The molecular weight excluding hydrogens is 342 g/mol. The largest absolute Gasteiger partial charge is 0.347 e. The lowest BCUT2D eigenvalue weighted by Gasteiger charge is -2.36. The van der Waals surface area contributed by atoms with E-state index in [9.17, 15) is 14.4 Å². The van der Waals surface area contributed by atoms with Crippen LogP contribution in [0.4, 0.5) is 0 Å². The first-order valence-electron chi connectivity index (χ1n) is 9.34. The lowest BCUT2D eigenvalue weighted by molar-refractivity contribution is -0.148. The summed E-state index contributed by atoms with van der Waals surface area (Å²) in [5, 5.41) is 7.89. The van der Waals surface area contributed by atoms with Gasteiger partial charge in [-0.15, -0.1) is 0 Å². The number of nitrogens with one attached hydrogen (secondary N) is 2. The topological polar surface area (TPSA) is 78.5 Å². The number of carbonyl (C=O) groups excluding carboxylic acids is 3. The number of amides is 3. The quantitative estimate of drug-likeness (QED) is 0.869. The van der Waals surface area contributed by atoms with E-state index in [0.717, 1.165) is 10.8 Å². The molecule has 2 N–H and O–H groups in total. The van der Waals surface area contributed by atoms with Crippen LogP contribution in [0.2, 0.25) is 0 Å². The predicted molar refractivity (Wildman–Crippen MR) is 102 cm³/mol. The van der Waals surface area contributed by atoms with Gasteiger partial charge in [0.15, 0.2) is 0 Å². The third-order valence-electron chi connectivity index (χ3n) is 5.46. The van der Waals surface area contributed by atoms with Crippen molar-refractivity contribution in [2.75, 3.05) is 6.54 Å². The summed E-state index contributed by atoms with van der Waals surface area (Å²) in [5.74, 6) is -0.333. The third-order valence-corrected chi connectivity index (χ3v) is 5.46. The molecule has 0 bridgehead atoms. The maximum absolute atomic E-state index is 12.7. The van der Waals surface area contributed by atoms with Crippen molar-refractivity contribution in [3.05, 3.63) is 48.0 Å². The minimum Gasteiger partial charge on any atom is -0.347 e. The van der Waals surface area contributed by atoms with Crippen LogP contribution in [0.15, 0.2) is 42.5 Å². The molecule has 2 fully saturated rings.